The van der Waals surface area contributed by atoms with Crippen LogP contribution in [0, 0.1) is 0 Å². The Bertz CT molecular complexity index is 563. The third-order valence-electron chi connectivity index (χ3n) is 3.07. The molecule has 3 nitrogen and oxygen atoms in total. The summed E-state index contributed by atoms with van der Waals surface area (Å²) in [5.74, 6) is 1.58. The summed E-state index contributed by atoms with van der Waals surface area (Å²) in [6, 6.07) is 11.5. The highest BCUT2D eigenvalue weighted by Crippen LogP contribution is 2.32. The Hall–Kier alpha value is -1.04. The number of halogens is 2. The van der Waals surface area contributed by atoms with E-state index in [0.29, 0.717) is 0 Å². The number of ether oxygens (including phenoxy) is 2. The molecule has 106 valence electrons. The molecular formula is C15H15Br2NO2. The van der Waals surface area contributed by atoms with E-state index in [4.69, 9.17) is 15.2 Å². The van der Waals surface area contributed by atoms with Crippen molar-refractivity contribution in [2.45, 2.75) is 6.04 Å². The summed E-state index contributed by atoms with van der Waals surface area (Å²) in [5, 5.41) is 0. The van der Waals surface area contributed by atoms with Gasteiger partial charge in [0.1, 0.15) is 11.5 Å². The molecule has 0 spiro atoms. The average Bonchev–Trinajstić information content (AvgIpc) is 2.46. The number of hydrogen-bond acceptors (Lipinski definition) is 3. The van der Waals surface area contributed by atoms with Crippen LogP contribution >= 0.6 is 31.9 Å². The maximum atomic E-state index is 6.31. The molecule has 0 bridgehead atoms. The minimum atomic E-state index is -0.209. The number of benzene rings is 2. The molecule has 5 heteroatoms. The van der Waals surface area contributed by atoms with Crippen LogP contribution in [0.1, 0.15) is 17.2 Å². The van der Waals surface area contributed by atoms with Gasteiger partial charge >= 0.3 is 0 Å². The van der Waals surface area contributed by atoms with Crippen LogP contribution in [0.3, 0.4) is 0 Å². The van der Waals surface area contributed by atoms with Gasteiger partial charge in [-0.1, -0.05) is 12.1 Å². The molecule has 0 atom stereocenters. The van der Waals surface area contributed by atoms with E-state index in [2.05, 4.69) is 31.9 Å². The van der Waals surface area contributed by atoms with Gasteiger partial charge in [0.25, 0.3) is 0 Å². The molecule has 0 saturated carbocycles. The molecular weight excluding hydrogens is 386 g/mol. The molecule has 0 aliphatic carbocycles. The van der Waals surface area contributed by atoms with Crippen LogP contribution < -0.4 is 15.2 Å². The highest BCUT2D eigenvalue weighted by atomic mass is 79.9. The van der Waals surface area contributed by atoms with Crippen molar-refractivity contribution in [2.75, 3.05) is 14.2 Å². The molecule has 0 aliphatic rings. The smallest absolute Gasteiger partial charge is 0.133 e. The lowest BCUT2D eigenvalue weighted by Crippen LogP contribution is -2.12. The van der Waals surface area contributed by atoms with Crippen molar-refractivity contribution in [1.29, 1.82) is 0 Å². The lowest BCUT2D eigenvalue weighted by molar-refractivity contribution is 0.411. The van der Waals surface area contributed by atoms with E-state index >= 15 is 0 Å². The molecule has 0 fully saturated rings. The third-order valence-corrected chi connectivity index (χ3v) is 4.31. The SMILES string of the molecule is COc1ccc(C(N)c2ccc(OC)c(Br)c2)cc1Br. The van der Waals surface area contributed by atoms with E-state index in [-0.39, 0.29) is 6.04 Å². The zero-order chi connectivity index (χ0) is 14.7. The first-order valence-corrected chi connectivity index (χ1v) is 7.58. The van der Waals surface area contributed by atoms with Crippen molar-refractivity contribution >= 4 is 31.9 Å². The van der Waals surface area contributed by atoms with Crippen molar-refractivity contribution in [1.82, 2.24) is 0 Å². The van der Waals surface area contributed by atoms with Crippen LogP contribution in [0.15, 0.2) is 45.3 Å². The Morgan fingerprint density at radius 3 is 1.55 bits per heavy atom. The predicted molar refractivity (Wildman–Crippen MR) is 87.4 cm³/mol. The Morgan fingerprint density at radius 2 is 1.25 bits per heavy atom. The lowest BCUT2D eigenvalue weighted by atomic mass is 9.99. The maximum Gasteiger partial charge on any atom is 0.133 e. The summed E-state index contributed by atoms with van der Waals surface area (Å²) in [4.78, 5) is 0. The van der Waals surface area contributed by atoms with Crippen LogP contribution in [0.4, 0.5) is 0 Å². The van der Waals surface area contributed by atoms with Crippen LogP contribution in [-0.4, -0.2) is 14.2 Å². The maximum absolute atomic E-state index is 6.31. The second-order valence-electron chi connectivity index (χ2n) is 4.27. The summed E-state index contributed by atoms with van der Waals surface area (Å²) in [6.07, 6.45) is 0. The molecule has 2 N–H and O–H groups in total. The molecule has 2 rings (SSSR count). The van der Waals surface area contributed by atoms with Crippen LogP contribution in [-0.2, 0) is 0 Å². The second kappa shape index (κ2) is 6.61. The quantitative estimate of drug-likeness (QED) is 0.832. The van der Waals surface area contributed by atoms with Crippen molar-refractivity contribution in [3.05, 3.63) is 56.5 Å². The minimum Gasteiger partial charge on any atom is -0.496 e. The van der Waals surface area contributed by atoms with Gasteiger partial charge < -0.3 is 15.2 Å². The van der Waals surface area contributed by atoms with E-state index in [1.165, 1.54) is 0 Å². The fourth-order valence-electron chi connectivity index (χ4n) is 1.94. The normalized spacial score (nSPS) is 10.7. The summed E-state index contributed by atoms with van der Waals surface area (Å²) < 4.78 is 12.2. The van der Waals surface area contributed by atoms with Gasteiger partial charge in [0.05, 0.1) is 29.2 Å². The number of hydrogen-bond donors (Lipinski definition) is 1. The fourth-order valence-corrected chi connectivity index (χ4v) is 3.06. The second-order valence-corrected chi connectivity index (χ2v) is 5.97. The topological polar surface area (TPSA) is 44.5 Å². The highest BCUT2D eigenvalue weighted by Gasteiger charge is 2.13. The number of methoxy groups -OCH3 is 2. The van der Waals surface area contributed by atoms with E-state index in [0.717, 1.165) is 31.6 Å². The summed E-state index contributed by atoms with van der Waals surface area (Å²) in [6.45, 7) is 0. The van der Waals surface area contributed by atoms with Crippen molar-refractivity contribution in [2.24, 2.45) is 5.73 Å². The van der Waals surface area contributed by atoms with Crippen LogP contribution in [0.2, 0.25) is 0 Å². The molecule has 20 heavy (non-hydrogen) atoms. The molecule has 0 aliphatic heterocycles. The first-order valence-electron chi connectivity index (χ1n) is 5.99. The number of rotatable bonds is 4. The minimum absolute atomic E-state index is 0.209. The van der Waals surface area contributed by atoms with Crippen LogP contribution in [0.5, 0.6) is 11.5 Å². The van der Waals surface area contributed by atoms with Crippen molar-refractivity contribution in [3.8, 4) is 11.5 Å². The van der Waals surface area contributed by atoms with Gasteiger partial charge in [-0.2, -0.15) is 0 Å². The predicted octanol–water partition coefficient (Wildman–Crippen LogP) is 4.28. The van der Waals surface area contributed by atoms with Gasteiger partial charge in [0.2, 0.25) is 0 Å². The average molecular weight is 401 g/mol. The molecule has 2 aromatic rings. The van der Waals surface area contributed by atoms with Gasteiger partial charge in [-0.3, -0.25) is 0 Å². The number of nitrogens with two attached hydrogens (primary N) is 1. The summed E-state index contributed by atoms with van der Waals surface area (Å²) in [7, 11) is 3.28. The standard InChI is InChI=1S/C15H15Br2NO2/c1-19-13-5-3-9(7-11(13)16)15(18)10-4-6-14(20-2)12(17)8-10/h3-8,15H,18H2,1-2H3. The highest BCUT2D eigenvalue weighted by molar-refractivity contribution is 9.10. The Labute approximate surface area is 135 Å². The largest absolute Gasteiger partial charge is 0.496 e. The molecule has 0 radical (unpaired) electrons. The van der Waals surface area contributed by atoms with Gasteiger partial charge in [-0.15, -0.1) is 0 Å². The first-order chi connectivity index (χ1) is 9.56. The molecule has 0 heterocycles. The van der Waals surface area contributed by atoms with E-state index in [1.807, 2.05) is 36.4 Å². The van der Waals surface area contributed by atoms with Gasteiger partial charge in [-0.05, 0) is 67.3 Å². The Kier molecular flexibility index (Phi) is 5.07. The molecule has 0 saturated heterocycles. The fraction of sp³-hybridized carbons (Fsp3) is 0.200. The third kappa shape index (κ3) is 3.16. The van der Waals surface area contributed by atoms with Crippen molar-refractivity contribution < 1.29 is 9.47 Å². The Balaban J connectivity index is 2.33. The van der Waals surface area contributed by atoms with E-state index in [1.54, 1.807) is 14.2 Å². The molecule has 2 aromatic carbocycles. The van der Waals surface area contributed by atoms with E-state index < -0.39 is 0 Å². The Morgan fingerprint density at radius 1 is 0.850 bits per heavy atom. The van der Waals surface area contributed by atoms with E-state index in [9.17, 15) is 0 Å². The monoisotopic (exact) mass is 399 g/mol. The molecule has 0 amide bonds. The van der Waals surface area contributed by atoms with Gasteiger partial charge in [-0.25, -0.2) is 0 Å². The molecule has 0 unspecified atom stereocenters. The zero-order valence-corrected chi connectivity index (χ0v) is 14.4. The van der Waals surface area contributed by atoms with Crippen molar-refractivity contribution in [3.63, 3.8) is 0 Å². The lowest BCUT2D eigenvalue weighted by Gasteiger charge is -2.15. The summed E-state index contributed by atoms with van der Waals surface area (Å²) in [5.41, 5.74) is 8.33. The van der Waals surface area contributed by atoms with Gasteiger partial charge in [0.15, 0.2) is 0 Å². The van der Waals surface area contributed by atoms with Gasteiger partial charge in [0, 0.05) is 0 Å². The zero-order valence-electron chi connectivity index (χ0n) is 11.2. The first kappa shape index (κ1) is 15.4. The molecule has 0 aromatic heterocycles. The summed E-state index contributed by atoms with van der Waals surface area (Å²) >= 11 is 6.95. The van der Waals surface area contributed by atoms with Crippen LogP contribution in [0.25, 0.3) is 0 Å².